The van der Waals surface area contributed by atoms with Crippen molar-refractivity contribution in [1.82, 2.24) is 9.80 Å². The Kier molecular flexibility index (Phi) is 10.1. The molecule has 0 atom stereocenters. The molecule has 0 saturated heterocycles. The monoisotopic (exact) mass is 286 g/mol. The van der Waals surface area contributed by atoms with Crippen LogP contribution in [0, 0.1) is 0 Å². The molecular weight excluding hydrogens is 256 g/mol. The van der Waals surface area contributed by atoms with Gasteiger partial charge in [0.15, 0.2) is 0 Å². The molecule has 0 spiro atoms. The highest BCUT2D eigenvalue weighted by atomic mass is 16.4. The van der Waals surface area contributed by atoms with Crippen molar-refractivity contribution in [3.05, 3.63) is 0 Å². The van der Waals surface area contributed by atoms with Crippen molar-refractivity contribution in [2.45, 2.75) is 59.4 Å². The van der Waals surface area contributed by atoms with Gasteiger partial charge in [-0.2, -0.15) is 0 Å². The van der Waals surface area contributed by atoms with E-state index < -0.39 is 5.97 Å². The van der Waals surface area contributed by atoms with Crippen LogP contribution in [0.2, 0.25) is 0 Å². The van der Waals surface area contributed by atoms with E-state index in [1.807, 2.05) is 18.7 Å². The molecule has 0 aliphatic heterocycles. The van der Waals surface area contributed by atoms with Gasteiger partial charge in [-0.15, -0.1) is 0 Å². The molecule has 0 unspecified atom stereocenters. The second-order valence-electron chi connectivity index (χ2n) is 5.44. The van der Waals surface area contributed by atoms with Gasteiger partial charge in [-0.1, -0.05) is 13.8 Å². The molecule has 20 heavy (non-hydrogen) atoms. The molecule has 0 rings (SSSR count). The molecule has 5 heteroatoms. The van der Waals surface area contributed by atoms with Crippen LogP contribution in [0.25, 0.3) is 0 Å². The number of nitrogens with zero attached hydrogens (tertiary/aromatic N) is 2. The van der Waals surface area contributed by atoms with Gasteiger partial charge >= 0.3 is 5.97 Å². The summed E-state index contributed by atoms with van der Waals surface area (Å²) in [6.45, 7) is 10.9. The number of rotatable bonds is 11. The van der Waals surface area contributed by atoms with E-state index in [4.69, 9.17) is 5.11 Å². The number of carboxylic acids is 1. The largest absolute Gasteiger partial charge is 0.481 e. The fraction of sp³-hybridized carbons (Fsp3) is 0.867. The molecule has 1 N–H and O–H groups in total. The Labute approximate surface area is 122 Å². The van der Waals surface area contributed by atoms with Crippen molar-refractivity contribution in [1.29, 1.82) is 0 Å². The molecule has 1 amide bonds. The summed E-state index contributed by atoms with van der Waals surface area (Å²) in [5, 5.41) is 8.68. The standard InChI is InChI=1S/C15H30N2O3/c1-5-9-16(10-6-2)14(18)12-17(13(3)4)11-7-8-15(19)20/h13H,5-12H2,1-4H3,(H,19,20). The second kappa shape index (κ2) is 10.7. The first kappa shape index (κ1) is 18.9. The van der Waals surface area contributed by atoms with E-state index in [0.717, 1.165) is 25.9 Å². The maximum atomic E-state index is 12.3. The van der Waals surface area contributed by atoms with Gasteiger partial charge in [-0.05, 0) is 39.7 Å². The molecule has 0 aromatic carbocycles. The topological polar surface area (TPSA) is 60.9 Å². The lowest BCUT2D eigenvalue weighted by Crippen LogP contribution is -2.44. The van der Waals surface area contributed by atoms with Gasteiger partial charge in [0.1, 0.15) is 0 Å². The van der Waals surface area contributed by atoms with Gasteiger partial charge in [-0.3, -0.25) is 14.5 Å². The number of hydrogen-bond acceptors (Lipinski definition) is 3. The van der Waals surface area contributed by atoms with E-state index in [-0.39, 0.29) is 18.4 Å². The van der Waals surface area contributed by atoms with Gasteiger partial charge in [0, 0.05) is 25.6 Å². The van der Waals surface area contributed by atoms with Crippen LogP contribution in [0.5, 0.6) is 0 Å². The molecule has 0 aliphatic carbocycles. The summed E-state index contributed by atoms with van der Waals surface area (Å²) in [4.78, 5) is 26.8. The predicted octanol–water partition coefficient (Wildman–Crippen LogP) is 2.21. The first-order valence-corrected chi connectivity index (χ1v) is 7.65. The average molecular weight is 286 g/mol. The number of carbonyl (C=O) groups excluding carboxylic acids is 1. The van der Waals surface area contributed by atoms with Crippen LogP contribution < -0.4 is 0 Å². The molecule has 5 nitrogen and oxygen atoms in total. The molecule has 0 aliphatic rings. The number of carbonyl (C=O) groups is 2. The van der Waals surface area contributed by atoms with E-state index in [0.29, 0.717) is 19.5 Å². The lowest BCUT2D eigenvalue weighted by molar-refractivity contribution is -0.137. The zero-order valence-electron chi connectivity index (χ0n) is 13.4. The Morgan fingerprint density at radius 1 is 1.05 bits per heavy atom. The summed E-state index contributed by atoms with van der Waals surface area (Å²) in [5.74, 6) is -0.628. The quantitative estimate of drug-likeness (QED) is 0.632. The molecule has 0 aromatic rings. The van der Waals surface area contributed by atoms with Crippen LogP contribution in [0.4, 0.5) is 0 Å². The highest BCUT2D eigenvalue weighted by Crippen LogP contribution is 2.05. The minimum Gasteiger partial charge on any atom is -0.481 e. The van der Waals surface area contributed by atoms with E-state index in [2.05, 4.69) is 18.7 Å². The van der Waals surface area contributed by atoms with Gasteiger partial charge in [0.05, 0.1) is 6.54 Å². The SMILES string of the molecule is CCCN(CCC)C(=O)CN(CCCC(=O)O)C(C)C. The van der Waals surface area contributed by atoms with E-state index in [1.54, 1.807) is 0 Å². The van der Waals surface area contributed by atoms with Crippen LogP contribution in [0.3, 0.4) is 0 Å². The van der Waals surface area contributed by atoms with Gasteiger partial charge < -0.3 is 10.0 Å². The Bertz CT molecular complexity index is 287. The third kappa shape index (κ3) is 8.15. The summed E-state index contributed by atoms with van der Waals surface area (Å²) in [7, 11) is 0. The number of amides is 1. The Hall–Kier alpha value is -1.10. The molecular formula is C15H30N2O3. The minimum absolute atomic E-state index is 0.151. The minimum atomic E-state index is -0.779. The number of carboxylic acid groups (broad SMARTS) is 1. The lowest BCUT2D eigenvalue weighted by atomic mass is 10.2. The Morgan fingerprint density at radius 3 is 2.00 bits per heavy atom. The van der Waals surface area contributed by atoms with Gasteiger partial charge in [0.25, 0.3) is 0 Å². The average Bonchev–Trinajstić information content (AvgIpc) is 2.36. The zero-order chi connectivity index (χ0) is 15.5. The van der Waals surface area contributed by atoms with Crippen LogP contribution in [0.1, 0.15) is 53.4 Å². The van der Waals surface area contributed by atoms with Crippen LogP contribution in [0.15, 0.2) is 0 Å². The molecule has 0 saturated carbocycles. The third-order valence-corrected chi connectivity index (χ3v) is 3.24. The summed E-state index contributed by atoms with van der Waals surface area (Å²) >= 11 is 0. The smallest absolute Gasteiger partial charge is 0.303 e. The highest BCUT2D eigenvalue weighted by Gasteiger charge is 2.18. The first-order valence-electron chi connectivity index (χ1n) is 7.65. The highest BCUT2D eigenvalue weighted by molar-refractivity contribution is 5.78. The van der Waals surface area contributed by atoms with Gasteiger partial charge in [-0.25, -0.2) is 0 Å². The molecule has 0 heterocycles. The molecule has 0 aromatic heterocycles. The van der Waals surface area contributed by atoms with Crippen molar-refractivity contribution in [3.63, 3.8) is 0 Å². The lowest BCUT2D eigenvalue weighted by Gasteiger charge is -2.29. The maximum Gasteiger partial charge on any atom is 0.303 e. The second-order valence-corrected chi connectivity index (χ2v) is 5.44. The summed E-state index contributed by atoms with van der Waals surface area (Å²) in [5.41, 5.74) is 0. The summed E-state index contributed by atoms with van der Waals surface area (Å²) < 4.78 is 0. The van der Waals surface area contributed by atoms with Crippen LogP contribution >= 0.6 is 0 Å². The first-order chi connectivity index (χ1) is 9.42. The van der Waals surface area contributed by atoms with Crippen LogP contribution in [-0.2, 0) is 9.59 Å². The normalized spacial score (nSPS) is 11.1. The zero-order valence-corrected chi connectivity index (χ0v) is 13.4. The van der Waals surface area contributed by atoms with Crippen molar-refractivity contribution >= 4 is 11.9 Å². The Morgan fingerprint density at radius 2 is 1.60 bits per heavy atom. The van der Waals surface area contributed by atoms with E-state index in [1.165, 1.54) is 0 Å². The summed E-state index contributed by atoms with van der Waals surface area (Å²) in [6.07, 6.45) is 2.67. The van der Waals surface area contributed by atoms with Gasteiger partial charge in [0.2, 0.25) is 5.91 Å². The van der Waals surface area contributed by atoms with Crippen molar-refractivity contribution in [2.75, 3.05) is 26.2 Å². The molecule has 0 radical (unpaired) electrons. The van der Waals surface area contributed by atoms with Crippen molar-refractivity contribution < 1.29 is 14.7 Å². The molecule has 0 fully saturated rings. The fourth-order valence-electron chi connectivity index (χ4n) is 2.13. The van der Waals surface area contributed by atoms with E-state index >= 15 is 0 Å². The Balaban J connectivity index is 4.39. The fourth-order valence-corrected chi connectivity index (χ4v) is 2.13. The maximum absolute atomic E-state index is 12.3. The number of aliphatic carboxylic acids is 1. The molecule has 118 valence electrons. The van der Waals surface area contributed by atoms with E-state index in [9.17, 15) is 9.59 Å². The predicted molar refractivity (Wildman–Crippen MR) is 80.7 cm³/mol. The number of hydrogen-bond donors (Lipinski definition) is 1. The van der Waals surface area contributed by atoms with Crippen molar-refractivity contribution in [2.24, 2.45) is 0 Å². The summed E-state index contributed by atoms with van der Waals surface area (Å²) in [6, 6.07) is 0.248. The van der Waals surface area contributed by atoms with Crippen LogP contribution in [-0.4, -0.2) is 59.0 Å². The third-order valence-electron chi connectivity index (χ3n) is 3.24. The molecule has 0 bridgehead atoms. The van der Waals surface area contributed by atoms with Crippen molar-refractivity contribution in [3.8, 4) is 0 Å².